The highest BCUT2D eigenvalue weighted by Crippen LogP contribution is 2.19. The molecule has 0 spiro atoms. The fourth-order valence-electron chi connectivity index (χ4n) is 1.65. The Morgan fingerprint density at radius 1 is 1.50 bits per heavy atom. The molecule has 0 radical (unpaired) electrons. The van der Waals surface area contributed by atoms with Crippen LogP contribution in [0.4, 0.5) is 0 Å². The van der Waals surface area contributed by atoms with Crippen LogP contribution in [0.5, 0.6) is 0 Å². The molecule has 2 atom stereocenters. The highest BCUT2D eigenvalue weighted by atomic mass is 16.2. The largest absolute Gasteiger partial charge is 0.349 e. The number of carbonyl (C=O) groups is 1. The first-order valence-corrected chi connectivity index (χ1v) is 4.55. The maximum Gasteiger partial charge on any atom is 0.226 e. The second-order valence-corrected chi connectivity index (χ2v) is 3.81. The molecular weight excluding hydrogens is 152 g/mol. The van der Waals surface area contributed by atoms with Gasteiger partial charge in [-0.15, -0.1) is 0 Å². The minimum absolute atomic E-state index is 0.189. The summed E-state index contributed by atoms with van der Waals surface area (Å²) < 4.78 is 0. The van der Waals surface area contributed by atoms with Crippen molar-refractivity contribution < 1.29 is 4.79 Å². The molecule has 0 unspecified atom stereocenters. The Morgan fingerprint density at radius 2 is 2.17 bits per heavy atom. The van der Waals surface area contributed by atoms with E-state index in [0.717, 1.165) is 19.5 Å². The predicted molar refractivity (Wildman–Crippen MR) is 48.8 cm³/mol. The molecule has 1 heterocycles. The lowest BCUT2D eigenvalue weighted by molar-refractivity contribution is -0.135. The number of hydrogen-bond donors (Lipinski definition) is 1. The van der Waals surface area contributed by atoms with Gasteiger partial charge in [0, 0.05) is 20.6 Å². The topological polar surface area (TPSA) is 32.3 Å². The molecule has 0 saturated carbocycles. The molecule has 0 aliphatic carbocycles. The molecule has 3 heteroatoms. The maximum absolute atomic E-state index is 11.6. The van der Waals surface area contributed by atoms with Gasteiger partial charge in [-0.1, -0.05) is 6.92 Å². The van der Waals surface area contributed by atoms with Crippen molar-refractivity contribution in [1.29, 1.82) is 0 Å². The summed E-state index contributed by atoms with van der Waals surface area (Å²) in [5.41, 5.74) is 0. The zero-order valence-corrected chi connectivity index (χ0v) is 8.13. The highest BCUT2D eigenvalue weighted by Gasteiger charge is 2.28. The van der Waals surface area contributed by atoms with Gasteiger partial charge in [0.05, 0.1) is 5.92 Å². The molecule has 1 saturated heterocycles. The average Bonchev–Trinajstić information content (AvgIpc) is 2.04. The van der Waals surface area contributed by atoms with Crippen LogP contribution in [-0.2, 0) is 4.79 Å². The van der Waals surface area contributed by atoms with Crippen LogP contribution in [-0.4, -0.2) is 38.0 Å². The van der Waals surface area contributed by atoms with E-state index < -0.39 is 0 Å². The van der Waals surface area contributed by atoms with Crippen LogP contribution in [0.25, 0.3) is 0 Å². The fourth-order valence-corrected chi connectivity index (χ4v) is 1.65. The third-order valence-electron chi connectivity index (χ3n) is 2.59. The minimum atomic E-state index is 0.189. The Labute approximate surface area is 74.1 Å². The van der Waals surface area contributed by atoms with Gasteiger partial charge in [-0.05, 0) is 18.9 Å². The standard InChI is InChI=1S/C9H18N2O/c1-7-4-5-10-6-8(7)9(12)11(2)3/h7-8,10H,4-6H2,1-3H3/t7-,8-/m1/s1. The van der Waals surface area contributed by atoms with Crippen LogP contribution in [0, 0.1) is 11.8 Å². The van der Waals surface area contributed by atoms with Crippen molar-refractivity contribution in [3.63, 3.8) is 0 Å². The van der Waals surface area contributed by atoms with Crippen molar-refractivity contribution in [3.8, 4) is 0 Å². The number of carbonyl (C=O) groups excluding carboxylic acids is 1. The summed E-state index contributed by atoms with van der Waals surface area (Å²) in [5.74, 6) is 0.976. The van der Waals surface area contributed by atoms with Crippen molar-refractivity contribution in [2.75, 3.05) is 27.2 Å². The number of piperidine rings is 1. The zero-order chi connectivity index (χ0) is 9.14. The molecular formula is C9H18N2O. The summed E-state index contributed by atoms with van der Waals surface area (Å²) in [7, 11) is 3.65. The maximum atomic E-state index is 11.6. The molecule has 0 bridgehead atoms. The van der Waals surface area contributed by atoms with Gasteiger partial charge in [0.1, 0.15) is 0 Å². The lowest BCUT2D eigenvalue weighted by atomic mass is 9.87. The molecule has 1 aliphatic heterocycles. The van der Waals surface area contributed by atoms with E-state index in [2.05, 4.69) is 12.2 Å². The summed E-state index contributed by atoms with van der Waals surface area (Å²) in [4.78, 5) is 13.3. The predicted octanol–water partition coefficient (Wildman–Crippen LogP) is 0.320. The van der Waals surface area contributed by atoms with E-state index in [1.807, 2.05) is 14.1 Å². The fraction of sp³-hybridized carbons (Fsp3) is 0.889. The van der Waals surface area contributed by atoms with Gasteiger partial charge in [-0.2, -0.15) is 0 Å². The van der Waals surface area contributed by atoms with Gasteiger partial charge < -0.3 is 10.2 Å². The van der Waals surface area contributed by atoms with E-state index in [0.29, 0.717) is 5.92 Å². The molecule has 12 heavy (non-hydrogen) atoms. The van der Waals surface area contributed by atoms with Crippen LogP contribution in [0.15, 0.2) is 0 Å². The van der Waals surface area contributed by atoms with Gasteiger partial charge in [0.25, 0.3) is 0 Å². The van der Waals surface area contributed by atoms with Crippen molar-refractivity contribution in [2.45, 2.75) is 13.3 Å². The molecule has 1 amide bonds. The first kappa shape index (κ1) is 9.52. The first-order valence-electron chi connectivity index (χ1n) is 4.55. The second-order valence-electron chi connectivity index (χ2n) is 3.81. The Kier molecular flexibility index (Phi) is 3.09. The normalized spacial score (nSPS) is 29.9. The molecule has 1 aliphatic rings. The SMILES string of the molecule is C[C@@H]1CCNC[C@H]1C(=O)N(C)C. The van der Waals surface area contributed by atoms with E-state index in [-0.39, 0.29) is 11.8 Å². The van der Waals surface area contributed by atoms with Crippen LogP contribution < -0.4 is 5.32 Å². The van der Waals surface area contributed by atoms with E-state index in [9.17, 15) is 4.79 Å². The van der Waals surface area contributed by atoms with Crippen molar-refractivity contribution >= 4 is 5.91 Å². The van der Waals surface area contributed by atoms with E-state index in [1.54, 1.807) is 4.90 Å². The number of nitrogens with zero attached hydrogens (tertiary/aromatic N) is 1. The summed E-state index contributed by atoms with van der Waals surface area (Å²) in [6.45, 7) is 4.06. The highest BCUT2D eigenvalue weighted by molar-refractivity contribution is 5.78. The summed E-state index contributed by atoms with van der Waals surface area (Å²) in [6, 6.07) is 0. The monoisotopic (exact) mass is 170 g/mol. The Morgan fingerprint density at radius 3 is 2.67 bits per heavy atom. The van der Waals surface area contributed by atoms with Gasteiger partial charge in [0.15, 0.2) is 0 Å². The molecule has 0 aromatic rings. The van der Waals surface area contributed by atoms with E-state index in [1.165, 1.54) is 0 Å². The lowest BCUT2D eigenvalue weighted by Gasteiger charge is -2.30. The van der Waals surface area contributed by atoms with Crippen molar-refractivity contribution in [2.24, 2.45) is 11.8 Å². The van der Waals surface area contributed by atoms with Crippen molar-refractivity contribution in [3.05, 3.63) is 0 Å². The summed E-state index contributed by atoms with van der Waals surface area (Å²) >= 11 is 0. The lowest BCUT2D eigenvalue weighted by Crippen LogP contribution is -2.44. The summed E-state index contributed by atoms with van der Waals surface area (Å²) in [5, 5.41) is 3.25. The summed E-state index contributed by atoms with van der Waals surface area (Å²) in [6.07, 6.45) is 1.12. The van der Waals surface area contributed by atoms with Crippen LogP contribution in [0.2, 0.25) is 0 Å². The van der Waals surface area contributed by atoms with Gasteiger partial charge in [-0.25, -0.2) is 0 Å². The van der Waals surface area contributed by atoms with Crippen LogP contribution in [0.1, 0.15) is 13.3 Å². The molecule has 1 N–H and O–H groups in total. The Bertz CT molecular complexity index is 168. The zero-order valence-electron chi connectivity index (χ0n) is 8.13. The second kappa shape index (κ2) is 3.90. The van der Waals surface area contributed by atoms with E-state index >= 15 is 0 Å². The molecule has 70 valence electrons. The van der Waals surface area contributed by atoms with Gasteiger partial charge >= 0.3 is 0 Å². The van der Waals surface area contributed by atoms with Crippen LogP contribution >= 0.6 is 0 Å². The van der Waals surface area contributed by atoms with Gasteiger partial charge in [-0.3, -0.25) is 4.79 Å². The molecule has 0 aromatic heterocycles. The quantitative estimate of drug-likeness (QED) is 0.614. The molecule has 0 aromatic carbocycles. The molecule has 1 rings (SSSR count). The van der Waals surface area contributed by atoms with Crippen LogP contribution in [0.3, 0.4) is 0 Å². The number of rotatable bonds is 1. The van der Waals surface area contributed by atoms with Crippen molar-refractivity contribution in [1.82, 2.24) is 10.2 Å². The third-order valence-corrected chi connectivity index (χ3v) is 2.59. The molecule has 3 nitrogen and oxygen atoms in total. The Balaban J connectivity index is 2.53. The number of hydrogen-bond acceptors (Lipinski definition) is 2. The van der Waals surface area contributed by atoms with E-state index in [4.69, 9.17) is 0 Å². The Hall–Kier alpha value is -0.570. The van der Waals surface area contributed by atoms with Gasteiger partial charge in [0.2, 0.25) is 5.91 Å². The smallest absolute Gasteiger partial charge is 0.226 e. The average molecular weight is 170 g/mol. The first-order chi connectivity index (χ1) is 5.63. The third kappa shape index (κ3) is 1.97. The number of nitrogens with one attached hydrogen (secondary N) is 1. The minimum Gasteiger partial charge on any atom is -0.349 e. The number of amides is 1. The molecule has 1 fully saturated rings.